The fourth-order valence-corrected chi connectivity index (χ4v) is 2.18. The molecule has 0 heterocycles. The number of nitrogens with one attached hydrogen (secondary N) is 1. The Kier molecular flexibility index (Phi) is 6.70. The van der Waals surface area contributed by atoms with Crippen molar-refractivity contribution in [3.8, 4) is 11.5 Å². The molecule has 6 nitrogen and oxygen atoms in total. The van der Waals surface area contributed by atoms with Crippen molar-refractivity contribution in [3.05, 3.63) is 53.6 Å². The quantitative estimate of drug-likeness (QED) is 0.745. The normalized spacial score (nSPS) is 11.4. The maximum atomic E-state index is 13.6. The van der Waals surface area contributed by atoms with Crippen molar-refractivity contribution in [2.75, 3.05) is 19.0 Å². The molecule has 0 radical (unpaired) electrons. The average Bonchev–Trinajstić information content (AvgIpc) is 2.65. The number of rotatable bonds is 7. The second-order valence-corrected chi connectivity index (χ2v) is 5.46. The fraction of sp³-hybridized carbons (Fsp3) is 0.263. The molecule has 8 heteroatoms. The molecule has 0 fully saturated rings. The van der Waals surface area contributed by atoms with Crippen molar-refractivity contribution in [1.29, 1.82) is 0 Å². The third kappa shape index (κ3) is 5.16. The van der Waals surface area contributed by atoms with Crippen LogP contribution in [0.1, 0.15) is 24.2 Å². The highest BCUT2D eigenvalue weighted by molar-refractivity contribution is 5.97. The van der Waals surface area contributed by atoms with Crippen molar-refractivity contribution in [2.24, 2.45) is 0 Å². The average molecular weight is 379 g/mol. The van der Waals surface area contributed by atoms with Crippen LogP contribution in [0, 0.1) is 11.6 Å². The van der Waals surface area contributed by atoms with Crippen LogP contribution in [0.3, 0.4) is 0 Å². The Morgan fingerprint density at radius 3 is 2.52 bits per heavy atom. The molecule has 0 aliphatic rings. The number of carbonyl (C=O) groups is 2. The summed E-state index contributed by atoms with van der Waals surface area (Å²) >= 11 is 0. The number of methoxy groups -OCH3 is 1. The summed E-state index contributed by atoms with van der Waals surface area (Å²) < 4.78 is 42.3. The van der Waals surface area contributed by atoms with Crippen molar-refractivity contribution in [1.82, 2.24) is 0 Å². The summed E-state index contributed by atoms with van der Waals surface area (Å²) in [5.41, 5.74) is -0.197. The van der Waals surface area contributed by atoms with Gasteiger partial charge >= 0.3 is 5.97 Å². The lowest BCUT2D eigenvalue weighted by Crippen LogP contribution is -2.30. The lowest BCUT2D eigenvalue weighted by atomic mass is 10.2. The molecule has 0 saturated carbocycles. The van der Waals surface area contributed by atoms with E-state index < -0.39 is 29.6 Å². The molecule has 2 aromatic rings. The second-order valence-electron chi connectivity index (χ2n) is 5.46. The van der Waals surface area contributed by atoms with Crippen LogP contribution in [0.5, 0.6) is 11.5 Å². The predicted molar refractivity (Wildman–Crippen MR) is 94.0 cm³/mol. The van der Waals surface area contributed by atoms with Crippen LogP contribution in [-0.2, 0) is 9.53 Å². The van der Waals surface area contributed by atoms with Crippen LogP contribution in [0.25, 0.3) is 0 Å². The summed E-state index contributed by atoms with van der Waals surface area (Å²) in [6.45, 7) is 3.55. The van der Waals surface area contributed by atoms with E-state index in [9.17, 15) is 18.4 Å². The minimum absolute atomic E-state index is 0.145. The van der Waals surface area contributed by atoms with Gasteiger partial charge in [0.1, 0.15) is 11.6 Å². The van der Waals surface area contributed by atoms with E-state index in [4.69, 9.17) is 14.2 Å². The third-order valence-corrected chi connectivity index (χ3v) is 3.54. The van der Waals surface area contributed by atoms with E-state index in [0.717, 1.165) is 18.2 Å². The Hall–Kier alpha value is -3.16. The molecule has 27 heavy (non-hydrogen) atoms. The van der Waals surface area contributed by atoms with Gasteiger partial charge in [-0.05, 0) is 44.2 Å². The number of hydrogen-bond acceptors (Lipinski definition) is 5. The monoisotopic (exact) mass is 379 g/mol. The largest absolute Gasteiger partial charge is 0.493 e. The first kappa shape index (κ1) is 20.2. The number of hydrogen-bond donors (Lipinski definition) is 1. The summed E-state index contributed by atoms with van der Waals surface area (Å²) in [6, 6.07) is 7.07. The number of ether oxygens (including phenoxy) is 3. The van der Waals surface area contributed by atoms with E-state index in [-0.39, 0.29) is 11.3 Å². The van der Waals surface area contributed by atoms with Gasteiger partial charge in [-0.25, -0.2) is 13.6 Å². The second kappa shape index (κ2) is 8.98. The molecule has 0 saturated heterocycles. The molecule has 144 valence electrons. The van der Waals surface area contributed by atoms with E-state index in [2.05, 4.69) is 5.32 Å². The molecule has 1 N–H and O–H groups in total. The molecule has 0 aliphatic heterocycles. The first-order chi connectivity index (χ1) is 12.8. The maximum Gasteiger partial charge on any atom is 0.339 e. The first-order valence-corrected chi connectivity index (χ1v) is 8.13. The number of amides is 1. The standard InChI is InChI=1S/C19H19F2NO5/c1-4-26-16-8-5-12(9-17(16)25-3)19(24)27-11(2)18(23)22-15-10-13(20)6-7-14(15)21/h5-11H,4H2,1-3H3,(H,22,23). The Balaban J connectivity index is 2.06. The fourth-order valence-electron chi connectivity index (χ4n) is 2.18. The smallest absolute Gasteiger partial charge is 0.339 e. The third-order valence-electron chi connectivity index (χ3n) is 3.54. The highest BCUT2D eigenvalue weighted by Crippen LogP contribution is 2.28. The molecule has 2 aromatic carbocycles. The van der Waals surface area contributed by atoms with Gasteiger partial charge in [-0.3, -0.25) is 4.79 Å². The number of benzene rings is 2. The summed E-state index contributed by atoms with van der Waals surface area (Å²) in [5, 5.41) is 2.18. The predicted octanol–water partition coefficient (Wildman–Crippen LogP) is 3.56. The Morgan fingerprint density at radius 2 is 1.85 bits per heavy atom. The molecule has 1 unspecified atom stereocenters. The lowest BCUT2D eigenvalue weighted by molar-refractivity contribution is -0.123. The Bertz CT molecular complexity index is 841. The van der Waals surface area contributed by atoms with Gasteiger partial charge in [0.2, 0.25) is 0 Å². The minimum Gasteiger partial charge on any atom is -0.493 e. The summed E-state index contributed by atoms with van der Waals surface area (Å²) in [6.07, 6.45) is -1.24. The van der Waals surface area contributed by atoms with E-state index in [1.807, 2.05) is 6.92 Å². The van der Waals surface area contributed by atoms with Gasteiger partial charge in [0, 0.05) is 6.07 Å². The molecule has 0 bridgehead atoms. The molecule has 1 amide bonds. The van der Waals surface area contributed by atoms with E-state index in [1.165, 1.54) is 26.2 Å². The summed E-state index contributed by atoms with van der Waals surface area (Å²) in [7, 11) is 1.43. The van der Waals surface area contributed by atoms with Gasteiger partial charge in [0.25, 0.3) is 5.91 Å². The SMILES string of the molecule is CCOc1ccc(C(=O)OC(C)C(=O)Nc2cc(F)ccc2F)cc1OC. The number of anilines is 1. The number of carbonyl (C=O) groups excluding carboxylic acids is 2. The van der Waals surface area contributed by atoms with Crippen LogP contribution in [0.15, 0.2) is 36.4 Å². The van der Waals surface area contributed by atoms with Crippen LogP contribution in [0.2, 0.25) is 0 Å². The Labute approximate surface area is 155 Å². The zero-order chi connectivity index (χ0) is 20.0. The van der Waals surface area contributed by atoms with Crippen molar-refractivity contribution in [2.45, 2.75) is 20.0 Å². The van der Waals surface area contributed by atoms with Crippen LogP contribution in [0.4, 0.5) is 14.5 Å². The molecule has 2 rings (SSSR count). The van der Waals surface area contributed by atoms with Crippen LogP contribution >= 0.6 is 0 Å². The molecule has 1 atom stereocenters. The van der Waals surface area contributed by atoms with Crippen molar-refractivity contribution in [3.63, 3.8) is 0 Å². The van der Waals surface area contributed by atoms with Crippen LogP contribution < -0.4 is 14.8 Å². The maximum absolute atomic E-state index is 13.6. The van der Waals surface area contributed by atoms with Gasteiger partial charge in [-0.2, -0.15) is 0 Å². The number of halogens is 2. The topological polar surface area (TPSA) is 73.9 Å². The van der Waals surface area contributed by atoms with E-state index >= 15 is 0 Å². The molecular formula is C19H19F2NO5. The zero-order valence-corrected chi connectivity index (χ0v) is 15.0. The first-order valence-electron chi connectivity index (χ1n) is 8.13. The molecule has 0 spiro atoms. The van der Waals surface area contributed by atoms with E-state index in [1.54, 1.807) is 6.07 Å². The van der Waals surface area contributed by atoms with Gasteiger partial charge in [0.15, 0.2) is 17.6 Å². The molecule has 0 aromatic heterocycles. The lowest BCUT2D eigenvalue weighted by Gasteiger charge is -2.15. The molecular weight excluding hydrogens is 360 g/mol. The van der Waals surface area contributed by atoms with Crippen LogP contribution in [-0.4, -0.2) is 31.7 Å². The Morgan fingerprint density at radius 1 is 1.11 bits per heavy atom. The van der Waals surface area contributed by atoms with Crippen molar-refractivity contribution < 1.29 is 32.6 Å². The summed E-state index contributed by atoms with van der Waals surface area (Å²) in [4.78, 5) is 24.3. The van der Waals surface area contributed by atoms with E-state index in [0.29, 0.717) is 18.1 Å². The van der Waals surface area contributed by atoms with Gasteiger partial charge in [-0.15, -0.1) is 0 Å². The molecule has 0 aliphatic carbocycles. The highest BCUT2D eigenvalue weighted by atomic mass is 19.1. The highest BCUT2D eigenvalue weighted by Gasteiger charge is 2.21. The van der Waals surface area contributed by atoms with Crippen molar-refractivity contribution >= 4 is 17.6 Å². The van der Waals surface area contributed by atoms with Gasteiger partial charge in [0.05, 0.1) is 25.0 Å². The number of esters is 1. The van der Waals surface area contributed by atoms with Gasteiger partial charge < -0.3 is 19.5 Å². The zero-order valence-electron chi connectivity index (χ0n) is 15.0. The minimum atomic E-state index is -1.24. The summed E-state index contributed by atoms with van der Waals surface area (Å²) in [5.74, 6) is -2.30. The van der Waals surface area contributed by atoms with Gasteiger partial charge in [-0.1, -0.05) is 0 Å².